The first-order valence-corrected chi connectivity index (χ1v) is 8.51. The standard InChI is InChI=1S/C21H19NO3/c1-14-6-2-3-7-16(14)15-10-11-22(13-15)21(24)20-12-18(23)17-8-4-5-9-19(17)25-20/h2-9,12,15H,10-11,13H2,1H3. The largest absolute Gasteiger partial charge is 0.451 e. The van der Waals surface area contributed by atoms with Crippen molar-refractivity contribution in [2.45, 2.75) is 19.3 Å². The lowest BCUT2D eigenvalue weighted by atomic mass is 9.94. The van der Waals surface area contributed by atoms with Crippen molar-refractivity contribution in [3.63, 3.8) is 0 Å². The number of hydrogen-bond donors (Lipinski definition) is 0. The molecule has 1 aliphatic rings. The number of aryl methyl sites for hydroxylation is 1. The minimum Gasteiger partial charge on any atom is -0.451 e. The third-order valence-electron chi connectivity index (χ3n) is 4.95. The zero-order valence-corrected chi connectivity index (χ0v) is 14.1. The van der Waals surface area contributed by atoms with Gasteiger partial charge in [0.05, 0.1) is 5.39 Å². The third kappa shape index (κ3) is 2.84. The fraction of sp³-hybridized carbons (Fsp3) is 0.238. The van der Waals surface area contributed by atoms with Crippen molar-refractivity contribution in [2.75, 3.05) is 13.1 Å². The second kappa shape index (κ2) is 6.20. The predicted octanol–water partition coefficient (Wildman–Crippen LogP) is 3.73. The van der Waals surface area contributed by atoms with Gasteiger partial charge in [-0.3, -0.25) is 9.59 Å². The van der Waals surface area contributed by atoms with E-state index in [1.807, 2.05) is 12.1 Å². The number of hydrogen-bond acceptors (Lipinski definition) is 3. The molecule has 2 aromatic carbocycles. The first-order chi connectivity index (χ1) is 12.1. The molecule has 0 aliphatic carbocycles. The zero-order valence-electron chi connectivity index (χ0n) is 14.1. The maximum atomic E-state index is 12.8. The summed E-state index contributed by atoms with van der Waals surface area (Å²) in [5.41, 5.74) is 2.81. The lowest BCUT2D eigenvalue weighted by Crippen LogP contribution is -2.29. The fourth-order valence-electron chi connectivity index (χ4n) is 3.61. The molecule has 1 aliphatic heterocycles. The number of benzene rings is 2. The molecule has 0 saturated carbocycles. The SMILES string of the molecule is Cc1ccccc1C1CCN(C(=O)c2cc(=O)c3ccccc3o2)C1. The van der Waals surface area contributed by atoms with Crippen molar-refractivity contribution in [3.05, 3.63) is 81.7 Å². The summed E-state index contributed by atoms with van der Waals surface area (Å²) in [6.07, 6.45) is 0.925. The third-order valence-corrected chi connectivity index (χ3v) is 4.95. The molecule has 0 N–H and O–H groups in total. The molecule has 2 heterocycles. The highest BCUT2D eigenvalue weighted by molar-refractivity contribution is 5.93. The van der Waals surface area contributed by atoms with Gasteiger partial charge in [-0.1, -0.05) is 36.4 Å². The summed E-state index contributed by atoms with van der Waals surface area (Å²) in [4.78, 5) is 26.8. The van der Waals surface area contributed by atoms with Crippen LogP contribution >= 0.6 is 0 Å². The summed E-state index contributed by atoms with van der Waals surface area (Å²) >= 11 is 0. The Bertz CT molecular complexity index is 1010. The van der Waals surface area contributed by atoms with Crippen LogP contribution < -0.4 is 5.43 Å². The number of fused-ring (bicyclic) bond motifs is 1. The van der Waals surface area contributed by atoms with Gasteiger partial charge < -0.3 is 9.32 Å². The number of amides is 1. The Labute approximate surface area is 145 Å². The van der Waals surface area contributed by atoms with Gasteiger partial charge in [0.15, 0.2) is 11.2 Å². The van der Waals surface area contributed by atoms with Gasteiger partial charge >= 0.3 is 0 Å². The minimum absolute atomic E-state index is 0.120. The number of rotatable bonds is 2. The van der Waals surface area contributed by atoms with Gasteiger partial charge in [0.1, 0.15) is 5.58 Å². The second-order valence-electron chi connectivity index (χ2n) is 6.56. The molecular weight excluding hydrogens is 314 g/mol. The van der Waals surface area contributed by atoms with Crippen LogP contribution in [-0.2, 0) is 0 Å². The molecule has 1 atom stereocenters. The van der Waals surface area contributed by atoms with Crippen molar-refractivity contribution < 1.29 is 9.21 Å². The molecule has 0 radical (unpaired) electrons. The molecule has 25 heavy (non-hydrogen) atoms. The molecule has 126 valence electrons. The van der Waals surface area contributed by atoms with Crippen LogP contribution in [0.25, 0.3) is 11.0 Å². The molecule has 1 saturated heterocycles. The zero-order chi connectivity index (χ0) is 17.4. The van der Waals surface area contributed by atoms with E-state index < -0.39 is 0 Å². The Hall–Kier alpha value is -2.88. The van der Waals surface area contributed by atoms with Gasteiger partial charge in [-0.2, -0.15) is 0 Å². The van der Waals surface area contributed by atoms with Crippen molar-refractivity contribution in [1.29, 1.82) is 0 Å². The molecule has 0 bridgehead atoms. The van der Waals surface area contributed by atoms with Gasteiger partial charge in [0, 0.05) is 25.1 Å². The number of para-hydroxylation sites is 1. The van der Waals surface area contributed by atoms with Gasteiger partial charge in [0.25, 0.3) is 5.91 Å². The van der Waals surface area contributed by atoms with E-state index in [1.165, 1.54) is 17.2 Å². The molecule has 3 aromatic rings. The average molecular weight is 333 g/mol. The molecule has 1 amide bonds. The first kappa shape index (κ1) is 15.6. The van der Waals surface area contributed by atoms with Crippen LogP contribution in [0.1, 0.15) is 34.0 Å². The summed E-state index contributed by atoms with van der Waals surface area (Å²) in [5, 5.41) is 0.498. The van der Waals surface area contributed by atoms with Gasteiger partial charge in [-0.25, -0.2) is 0 Å². The second-order valence-corrected chi connectivity index (χ2v) is 6.56. The molecule has 4 rings (SSSR count). The van der Waals surface area contributed by atoms with Crippen molar-refractivity contribution in [3.8, 4) is 0 Å². The highest BCUT2D eigenvalue weighted by Crippen LogP contribution is 2.30. The maximum Gasteiger partial charge on any atom is 0.289 e. The van der Waals surface area contributed by atoms with Crippen molar-refractivity contribution >= 4 is 16.9 Å². The summed E-state index contributed by atoms with van der Waals surface area (Å²) in [5.74, 6) is 0.241. The Morgan fingerprint density at radius 3 is 2.72 bits per heavy atom. The normalized spacial score (nSPS) is 17.2. The molecule has 4 heteroatoms. The van der Waals surface area contributed by atoms with E-state index in [4.69, 9.17) is 4.42 Å². The van der Waals surface area contributed by atoms with Crippen LogP contribution in [-0.4, -0.2) is 23.9 Å². The molecule has 1 aromatic heterocycles. The van der Waals surface area contributed by atoms with E-state index in [2.05, 4.69) is 19.1 Å². The first-order valence-electron chi connectivity index (χ1n) is 8.51. The Morgan fingerprint density at radius 2 is 1.88 bits per heavy atom. The number of nitrogens with zero attached hydrogens (tertiary/aromatic N) is 1. The van der Waals surface area contributed by atoms with E-state index in [-0.39, 0.29) is 17.1 Å². The molecule has 1 fully saturated rings. The van der Waals surface area contributed by atoms with Crippen LogP contribution in [0.5, 0.6) is 0 Å². The van der Waals surface area contributed by atoms with Crippen LogP contribution in [0.15, 0.2) is 63.8 Å². The average Bonchev–Trinajstić information content (AvgIpc) is 3.11. The summed E-state index contributed by atoms with van der Waals surface area (Å²) in [6, 6.07) is 16.6. The highest BCUT2D eigenvalue weighted by atomic mass is 16.3. The van der Waals surface area contributed by atoms with Crippen LogP contribution in [0.4, 0.5) is 0 Å². The Kier molecular flexibility index (Phi) is 3.88. The highest BCUT2D eigenvalue weighted by Gasteiger charge is 2.30. The topological polar surface area (TPSA) is 50.5 Å². The monoisotopic (exact) mass is 333 g/mol. The molecular formula is C21H19NO3. The summed E-state index contributed by atoms with van der Waals surface area (Å²) in [7, 11) is 0. The van der Waals surface area contributed by atoms with Gasteiger partial charge in [-0.05, 0) is 36.6 Å². The van der Waals surface area contributed by atoms with E-state index in [0.29, 0.717) is 30.0 Å². The number of carbonyl (C=O) groups excluding carboxylic acids is 1. The minimum atomic E-state index is -0.209. The lowest BCUT2D eigenvalue weighted by Gasteiger charge is -2.17. The maximum absolute atomic E-state index is 12.8. The number of carbonyl (C=O) groups is 1. The summed E-state index contributed by atoms with van der Waals surface area (Å²) in [6.45, 7) is 3.43. The predicted molar refractivity (Wildman–Crippen MR) is 96.9 cm³/mol. The van der Waals surface area contributed by atoms with Gasteiger partial charge in [0.2, 0.25) is 0 Å². The smallest absolute Gasteiger partial charge is 0.289 e. The Balaban J connectivity index is 1.60. The van der Waals surface area contributed by atoms with E-state index in [0.717, 1.165) is 6.42 Å². The van der Waals surface area contributed by atoms with Crippen LogP contribution in [0.3, 0.4) is 0 Å². The van der Waals surface area contributed by atoms with Crippen molar-refractivity contribution in [2.24, 2.45) is 0 Å². The fourth-order valence-corrected chi connectivity index (χ4v) is 3.61. The number of likely N-dealkylation sites (tertiary alicyclic amines) is 1. The van der Waals surface area contributed by atoms with E-state index >= 15 is 0 Å². The molecule has 4 nitrogen and oxygen atoms in total. The quantitative estimate of drug-likeness (QED) is 0.718. The van der Waals surface area contributed by atoms with Gasteiger partial charge in [-0.15, -0.1) is 0 Å². The summed E-state index contributed by atoms with van der Waals surface area (Å²) < 4.78 is 5.69. The van der Waals surface area contributed by atoms with E-state index in [9.17, 15) is 9.59 Å². The lowest BCUT2D eigenvalue weighted by molar-refractivity contribution is 0.0759. The molecule has 1 unspecified atom stereocenters. The van der Waals surface area contributed by atoms with E-state index in [1.54, 1.807) is 29.2 Å². The molecule has 0 spiro atoms. The van der Waals surface area contributed by atoms with Crippen LogP contribution in [0, 0.1) is 6.92 Å². The van der Waals surface area contributed by atoms with Crippen LogP contribution in [0.2, 0.25) is 0 Å². The Morgan fingerprint density at radius 1 is 1.12 bits per heavy atom. The van der Waals surface area contributed by atoms with Crippen molar-refractivity contribution in [1.82, 2.24) is 4.90 Å².